The highest BCUT2D eigenvalue weighted by Gasteiger charge is 2.43. The Hall–Kier alpha value is -2.45. The van der Waals surface area contributed by atoms with Crippen LogP contribution < -0.4 is 4.90 Å². The summed E-state index contributed by atoms with van der Waals surface area (Å²) in [7, 11) is 0. The molecule has 0 bridgehead atoms. The number of hydrogen-bond donors (Lipinski definition) is 0. The number of aromatic nitrogens is 3. The van der Waals surface area contributed by atoms with Crippen molar-refractivity contribution in [2.45, 2.75) is 6.23 Å². The number of carbonyl (C=O) groups excluding carboxylic acids is 2. The molecule has 1 amide bonds. The van der Waals surface area contributed by atoms with Gasteiger partial charge in [0.2, 0.25) is 6.23 Å². The molecule has 8 nitrogen and oxygen atoms in total. The molecule has 2 aromatic rings. The fourth-order valence-corrected chi connectivity index (χ4v) is 2.32. The molecule has 0 N–H and O–H groups in total. The quantitative estimate of drug-likeness (QED) is 0.604. The van der Waals surface area contributed by atoms with E-state index < -0.39 is 18.3 Å². The van der Waals surface area contributed by atoms with Crippen LogP contribution in [0.4, 0.5) is 10.6 Å². The Morgan fingerprint density at radius 1 is 1.25 bits per heavy atom. The summed E-state index contributed by atoms with van der Waals surface area (Å²) in [6.07, 6.45) is 2.02. The number of nitrogens with zero attached hydrogens (tertiary/aromatic N) is 4. The van der Waals surface area contributed by atoms with E-state index in [0.29, 0.717) is 5.02 Å². The number of alkyl halides is 1. The van der Waals surface area contributed by atoms with Gasteiger partial charge in [-0.3, -0.25) is 9.78 Å². The van der Waals surface area contributed by atoms with Crippen LogP contribution in [0.1, 0.15) is 22.4 Å². The standard InChI is InChI=1S/C14H10Cl2N4O4/c15-3-6-23-14(22)24-13-11-10(17-4-5-18-11)12(21)20(13)9-2-1-8(16)7-19-9/h1-2,4-5,7,13H,3,6H2/t13-/m1/s1. The number of fused-ring (bicyclic) bond motifs is 1. The maximum atomic E-state index is 12.6. The second-order valence-corrected chi connectivity index (χ2v) is 5.37. The van der Waals surface area contributed by atoms with E-state index in [2.05, 4.69) is 15.0 Å². The molecule has 2 aromatic heterocycles. The largest absolute Gasteiger partial charge is 0.510 e. The van der Waals surface area contributed by atoms with Gasteiger partial charge in [-0.1, -0.05) is 11.6 Å². The average Bonchev–Trinajstić information content (AvgIpc) is 2.87. The van der Waals surface area contributed by atoms with Crippen molar-refractivity contribution in [2.75, 3.05) is 17.4 Å². The van der Waals surface area contributed by atoms with E-state index in [1.165, 1.54) is 24.7 Å². The summed E-state index contributed by atoms with van der Waals surface area (Å²) in [5.41, 5.74) is 0.270. The SMILES string of the molecule is O=C(OCCCl)O[C@@H]1c2nccnc2C(=O)N1c1ccc(Cl)cn1. The number of halogens is 2. The van der Waals surface area contributed by atoms with Gasteiger partial charge in [-0.25, -0.2) is 19.7 Å². The van der Waals surface area contributed by atoms with E-state index in [4.69, 9.17) is 32.7 Å². The highest BCUT2D eigenvalue weighted by molar-refractivity contribution is 6.30. The van der Waals surface area contributed by atoms with Crippen molar-refractivity contribution in [3.63, 3.8) is 0 Å². The molecule has 0 spiro atoms. The summed E-state index contributed by atoms with van der Waals surface area (Å²) in [6, 6.07) is 3.08. The van der Waals surface area contributed by atoms with Crippen molar-refractivity contribution < 1.29 is 19.1 Å². The maximum Gasteiger partial charge on any atom is 0.510 e. The van der Waals surface area contributed by atoms with Crippen LogP contribution in [-0.2, 0) is 9.47 Å². The summed E-state index contributed by atoms with van der Waals surface area (Å²) < 4.78 is 10.0. The maximum absolute atomic E-state index is 12.6. The molecule has 10 heteroatoms. The lowest BCUT2D eigenvalue weighted by atomic mass is 10.3. The smallest absolute Gasteiger partial charge is 0.433 e. The van der Waals surface area contributed by atoms with Crippen molar-refractivity contribution in [2.24, 2.45) is 0 Å². The second kappa shape index (κ2) is 6.98. The number of pyridine rings is 1. The van der Waals surface area contributed by atoms with Crippen LogP contribution in [0.2, 0.25) is 5.02 Å². The average molecular weight is 369 g/mol. The van der Waals surface area contributed by atoms with Crippen LogP contribution in [0.3, 0.4) is 0 Å². The Balaban J connectivity index is 1.95. The minimum Gasteiger partial charge on any atom is -0.433 e. The van der Waals surface area contributed by atoms with Gasteiger partial charge in [-0.2, -0.15) is 0 Å². The van der Waals surface area contributed by atoms with Gasteiger partial charge in [0.1, 0.15) is 18.1 Å². The molecule has 1 aliphatic heterocycles. The minimum absolute atomic E-state index is 0.0203. The van der Waals surface area contributed by atoms with E-state index in [0.717, 1.165) is 4.90 Å². The Morgan fingerprint density at radius 3 is 2.75 bits per heavy atom. The minimum atomic E-state index is -1.14. The van der Waals surface area contributed by atoms with Gasteiger partial charge < -0.3 is 9.47 Å². The molecule has 0 saturated heterocycles. The fraction of sp³-hybridized carbons (Fsp3) is 0.214. The normalized spacial score (nSPS) is 16.0. The van der Waals surface area contributed by atoms with Crippen molar-refractivity contribution in [3.05, 3.63) is 47.1 Å². The monoisotopic (exact) mass is 368 g/mol. The number of anilines is 1. The van der Waals surface area contributed by atoms with Crippen molar-refractivity contribution >= 4 is 41.1 Å². The Bertz CT molecular complexity index is 772. The van der Waals surface area contributed by atoms with Crippen LogP contribution in [0.15, 0.2) is 30.7 Å². The zero-order chi connectivity index (χ0) is 17.1. The van der Waals surface area contributed by atoms with Gasteiger partial charge in [0.15, 0.2) is 5.69 Å². The van der Waals surface area contributed by atoms with Gasteiger partial charge in [-0.05, 0) is 12.1 Å². The molecule has 0 aromatic carbocycles. The van der Waals surface area contributed by atoms with Crippen LogP contribution in [0.5, 0.6) is 0 Å². The van der Waals surface area contributed by atoms with Gasteiger partial charge in [0.25, 0.3) is 5.91 Å². The first-order chi connectivity index (χ1) is 11.6. The van der Waals surface area contributed by atoms with E-state index >= 15 is 0 Å². The van der Waals surface area contributed by atoms with Crippen LogP contribution >= 0.6 is 23.2 Å². The molecule has 0 aliphatic carbocycles. The Kier molecular flexibility index (Phi) is 4.77. The van der Waals surface area contributed by atoms with E-state index in [1.807, 2.05) is 0 Å². The lowest BCUT2D eigenvalue weighted by Crippen LogP contribution is -2.32. The zero-order valence-corrected chi connectivity index (χ0v) is 13.6. The van der Waals surface area contributed by atoms with E-state index in [1.54, 1.807) is 6.07 Å². The number of amides is 1. The fourth-order valence-electron chi connectivity index (χ4n) is 2.13. The zero-order valence-electron chi connectivity index (χ0n) is 12.1. The lowest BCUT2D eigenvalue weighted by Gasteiger charge is -2.22. The molecular weight excluding hydrogens is 359 g/mol. The number of rotatable bonds is 4. The van der Waals surface area contributed by atoms with Crippen molar-refractivity contribution in [1.82, 2.24) is 15.0 Å². The Labute approximate surface area is 146 Å². The van der Waals surface area contributed by atoms with Crippen LogP contribution in [0.25, 0.3) is 0 Å². The predicted octanol–water partition coefficient (Wildman–Crippen LogP) is 2.58. The second-order valence-electron chi connectivity index (χ2n) is 4.56. The van der Waals surface area contributed by atoms with Crippen LogP contribution in [0, 0.1) is 0 Å². The van der Waals surface area contributed by atoms with E-state index in [-0.39, 0.29) is 29.7 Å². The summed E-state index contributed by atoms with van der Waals surface area (Å²) in [5, 5.41) is 0.401. The van der Waals surface area contributed by atoms with Gasteiger partial charge >= 0.3 is 6.16 Å². The molecule has 0 saturated carbocycles. The van der Waals surface area contributed by atoms with Gasteiger partial charge in [0.05, 0.1) is 10.9 Å². The summed E-state index contributed by atoms with van der Waals surface area (Å²) in [5.74, 6) is -0.139. The molecule has 0 unspecified atom stereocenters. The highest BCUT2D eigenvalue weighted by Crippen LogP contribution is 2.35. The van der Waals surface area contributed by atoms with Crippen molar-refractivity contribution in [1.29, 1.82) is 0 Å². The first-order valence-electron chi connectivity index (χ1n) is 6.77. The Morgan fingerprint density at radius 2 is 2.04 bits per heavy atom. The van der Waals surface area contributed by atoms with Gasteiger partial charge in [-0.15, -0.1) is 11.6 Å². The third-order valence-corrected chi connectivity index (χ3v) is 3.46. The third-order valence-electron chi connectivity index (χ3n) is 3.08. The molecular formula is C14H10Cl2N4O4. The number of ether oxygens (including phenoxy) is 2. The summed E-state index contributed by atoms with van der Waals surface area (Å²) in [6.45, 7) is -0.0203. The molecule has 0 radical (unpaired) electrons. The number of carbonyl (C=O) groups is 2. The predicted molar refractivity (Wildman–Crippen MR) is 84.0 cm³/mol. The van der Waals surface area contributed by atoms with Crippen molar-refractivity contribution in [3.8, 4) is 0 Å². The van der Waals surface area contributed by atoms with Crippen LogP contribution in [-0.4, -0.2) is 39.5 Å². The summed E-state index contributed by atoms with van der Waals surface area (Å²) >= 11 is 11.3. The first-order valence-corrected chi connectivity index (χ1v) is 7.68. The topological polar surface area (TPSA) is 94.5 Å². The molecule has 3 rings (SSSR count). The molecule has 124 valence electrons. The lowest BCUT2D eigenvalue weighted by molar-refractivity contribution is 0.0262. The number of hydrogen-bond acceptors (Lipinski definition) is 7. The molecule has 3 heterocycles. The third kappa shape index (κ3) is 3.10. The molecule has 1 aliphatic rings. The highest BCUT2D eigenvalue weighted by atomic mass is 35.5. The van der Waals surface area contributed by atoms with E-state index in [9.17, 15) is 9.59 Å². The molecule has 0 fully saturated rings. The summed E-state index contributed by atoms with van der Waals surface area (Å²) in [4.78, 5) is 37.7. The molecule has 24 heavy (non-hydrogen) atoms. The van der Waals surface area contributed by atoms with Gasteiger partial charge in [0, 0.05) is 18.6 Å². The first kappa shape index (κ1) is 16.4. The molecule has 1 atom stereocenters.